The summed E-state index contributed by atoms with van der Waals surface area (Å²) in [6.45, 7) is 7.43. The molecule has 2 N–H and O–H groups in total. The van der Waals surface area contributed by atoms with E-state index in [1.54, 1.807) is 12.1 Å². The summed E-state index contributed by atoms with van der Waals surface area (Å²) in [6.07, 6.45) is -5.17. The van der Waals surface area contributed by atoms with Gasteiger partial charge in [0.2, 0.25) is 0 Å². The first kappa shape index (κ1) is 38.5. The molecule has 8 nitrogen and oxygen atoms in total. The van der Waals surface area contributed by atoms with Crippen LogP contribution in [0, 0.1) is 0 Å². The van der Waals surface area contributed by atoms with Gasteiger partial charge in [-0.25, -0.2) is 0 Å². The van der Waals surface area contributed by atoms with Crippen molar-refractivity contribution in [3.8, 4) is 0 Å². The van der Waals surface area contributed by atoms with Crippen LogP contribution in [0.25, 0.3) is 10.8 Å². The molecule has 2 fully saturated rings. The lowest BCUT2D eigenvalue weighted by Gasteiger charge is -2.46. The average Bonchev–Trinajstić information content (AvgIpc) is 3.72. The Hall–Kier alpha value is -4.42. The van der Waals surface area contributed by atoms with Gasteiger partial charge in [0.1, 0.15) is 35.9 Å². The van der Waals surface area contributed by atoms with E-state index in [4.69, 9.17) is 27.8 Å². The van der Waals surface area contributed by atoms with Crippen LogP contribution in [0.2, 0.25) is 5.04 Å². The Bertz CT molecular complexity index is 2130. The van der Waals surface area contributed by atoms with Crippen LogP contribution in [0.15, 0.2) is 150 Å². The highest BCUT2D eigenvalue weighted by Gasteiger charge is 2.51. The summed E-state index contributed by atoms with van der Waals surface area (Å²) in [6, 6.07) is 48.6. The normalized spacial score (nSPS) is 22.7. The molecule has 2 aliphatic heterocycles. The molecule has 290 valence electrons. The molecular weight excluding hydrogens is 721 g/mol. The van der Waals surface area contributed by atoms with Gasteiger partial charge in [0.25, 0.3) is 8.32 Å². The topological polar surface area (TPSA) is 99.8 Å². The number of ether oxygens (including phenoxy) is 4. The van der Waals surface area contributed by atoms with Crippen molar-refractivity contribution in [2.45, 2.75) is 88.4 Å². The van der Waals surface area contributed by atoms with E-state index in [2.05, 4.69) is 93.6 Å². The molecule has 1 aromatic heterocycles. The molecule has 3 heterocycles. The number of aliphatic hydroxyl groups excluding tert-OH is 2. The summed E-state index contributed by atoms with van der Waals surface area (Å²) in [7, 11) is -2.84. The molecule has 0 radical (unpaired) electrons. The van der Waals surface area contributed by atoms with Crippen molar-refractivity contribution in [3.05, 3.63) is 168 Å². The minimum Gasteiger partial charge on any atom is -0.461 e. The number of hydrogen-bond acceptors (Lipinski definition) is 8. The highest BCUT2D eigenvalue weighted by molar-refractivity contribution is 6.99. The van der Waals surface area contributed by atoms with Gasteiger partial charge >= 0.3 is 0 Å². The fraction of sp³-hybridized carbons (Fsp3) is 0.319. The number of furan rings is 1. The van der Waals surface area contributed by atoms with Crippen LogP contribution in [-0.2, 0) is 36.6 Å². The maximum Gasteiger partial charge on any atom is 0.261 e. The molecule has 0 saturated carbocycles. The van der Waals surface area contributed by atoms with Crippen LogP contribution in [-0.4, -0.2) is 55.7 Å². The predicted molar refractivity (Wildman–Crippen MR) is 218 cm³/mol. The van der Waals surface area contributed by atoms with Crippen molar-refractivity contribution in [2.24, 2.45) is 0 Å². The van der Waals surface area contributed by atoms with Crippen molar-refractivity contribution >= 4 is 29.5 Å². The van der Waals surface area contributed by atoms with E-state index in [1.165, 1.54) is 0 Å². The van der Waals surface area contributed by atoms with Crippen LogP contribution in [0.5, 0.6) is 0 Å². The summed E-state index contributed by atoms with van der Waals surface area (Å²) in [5, 5.41) is 27.9. The van der Waals surface area contributed by atoms with Gasteiger partial charge in [0, 0.05) is 12.0 Å². The second kappa shape index (κ2) is 16.6. The molecule has 2 aliphatic rings. The third-order valence-corrected chi connectivity index (χ3v) is 16.1. The molecule has 9 heteroatoms. The Balaban J connectivity index is 1.01. The first-order chi connectivity index (χ1) is 27.2. The van der Waals surface area contributed by atoms with E-state index in [0.717, 1.165) is 32.3 Å². The number of fused-ring (bicyclic) bond motifs is 2. The number of aliphatic hydroxyl groups is 2. The molecule has 7 atom stereocenters. The van der Waals surface area contributed by atoms with Crippen LogP contribution in [0.4, 0.5) is 0 Å². The Morgan fingerprint density at radius 1 is 0.696 bits per heavy atom. The summed E-state index contributed by atoms with van der Waals surface area (Å²) in [5.41, 5.74) is 1.91. The van der Waals surface area contributed by atoms with Gasteiger partial charge in [0.05, 0.1) is 32.0 Å². The maximum atomic E-state index is 11.9. The summed E-state index contributed by atoms with van der Waals surface area (Å²) < 4.78 is 39.0. The van der Waals surface area contributed by atoms with E-state index in [9.17, 15) is 10.2 Å². The Morgan fingerprint density at radius 3 is 2.02 bits per heavy atom. The molecule has 0 amide bonds. The van der Waals surface area contributed by atoms with Crippen LogP contribution in [0.1, 0.15) is 62.2 Å². The van der Waals surface area contributed by atoms with Gasteiger partial charge in [-0.1, -0.05) is 148 Å². The second-order valence-corrected chi connectivity index (χ2v) is 20.2. The summed E-state index contributed by atoms with van der Waals surface area (Å²) in [5.74, 6) is 0.770. The first-order valence-electron chi connectivity index (χ1n) is 19.5. The average molecular weight is 771 g/mol. The van der Waals surface area contributed by atoms with E-state index in [0.29, 0.717) is 18.8 Å². The SMILES string of the molecule is CC(C)(C)[Si](OCc1ccc([C@H](O)[C@@H](O)[C@@H]2OC3CO[C@@H](c4ccccc4)OC3C[C@H]2OCc2ccc3ccccc3c2)o1)(c1ccccc1)c1ccccc1. The van der Waals surface area contributed by atoms with Crippen LogP contribution >= 0.6 is 0 Å². The summed E-state index contributed by atoms with van der Waals surface area (Å²) >= 11 is 0. The highest BCUT2D eigenvalue weighted by Crippen LogP contribution is 2.39. The smallest absolute Gasteiger partial charge is 0.261 e. The molecule has 2 saturated heterocycles. The fourth-order valence-electron chi connectivity index (χ4n) is 8.26. The molecule has 6 aromatic rings. The van der Waals surface area contributed by atoms with Crippen molar-refractivity contribution in [1.82, 2.24) is 0 Å². The predicted octanol–water partition coefficient (Wildman–Crippen LogP) is 7.76. The van der Waals surface area contributed by atoms with Crippen molar-refractivity contribution in [1.29, 1.82) is 0 Å². The molecule has 56 heavy (non-hydrogen) atoms. The largest absolute Gasteiger partial charge is 0.461 e. The monoisotopic (exact) mass is 770 g/mol. The molecule has 8 rings (SSSR count). The number of hydrogen-bond donors (Lipinski definition) is 2. The first-order valence-corrected chi connectivity index (χ1v) is 21.4. The fourth-order valence-corrected chi connectivity index (χ4v) is 12.8. The third-order valence-electron chi connectivity index (χ3n) is 11.1. The molecule has 0 bridgehead atoms. The lowest BCUT2D eigenvalue weighted by atomic mass is 9.91. The van der Waals surface area contributed by atoms with Gasteiger partial charge in [0.15, 0.2) is 6.29 Å². The second-order valence-electron chi connectivity index (χ2n) is 15.8. The summed E-state index contributed by atoms with van der Waals surface area (Å²) in [4.78, 5) is 0. The zero-order valence-corrected chi connectivity index (χ0v) is 33.1. The van der Waals surface area contributed by atoms with Gasteiger partial charge in [-0.2, -0.15) is 0 Å². The quantitative estimate of drug-likeness (QED) is 0.122. The molecule has 0 aliphatic carbocycles. The van der Waals surface area contributed by atoms with E-state index in [-0.39, 0.29) is 30.1 Å². The molecule has 2 unspecified atom stereocenters. The lowest BCUT2D eigenvalue weighted by Crippen LogP contribution is -2.66. The van der Waals surface area contributed by atoms with E-state index >= 15 is 0 Å². The van der Waals surface area contributed by atoms with Crippen LogP contribution in [0.3, 0.4) is 0 Å². The standard InChI is InChI=1S/C47H50O8Si/c1-47(2,3)56(37-19-9-5-10-20-37,38-21-11-6-12-22-38)52-30-36-25-26-39(53-36)43(48)44(49)45-41(50-29-32-23-24-33-15-13-14-18-35(33)27-32)28-40-42(54-45)31-51-46(55-40)34-16-7-4-8-17-34/h4-27,40-46,48-49H,28-31H2,1-3H3/t40?,41-,42?,43+,44-,45-,46-/m1/s1. The number of rotatable bonds is 12. The zero-order chi connectivity index (χ0) is 38.7. The maximum absolute atomic E-state index is 11.9. The van der Waals surface area contributed by atoms with E-state index in [1.807, 2.05) is 60.7 Å². The Kier molecular flexibility index (Phi) is 11.4. The third kappa shape index (κ3) is 7.91. The lowest BCUT2D eigenvalue weighted by molar-refractivity contribution is -0.317. The van der Waals surface area contributed by atoms with Gasteiger partial charge in [-0.05, 0) is 49.9 Å². The van der Waals surface area contributed by atoms with Crippen molar-refractivity contribution in [3.63, 3.8) is 0 Å². The molecule has 0 spiro atoms. The van der Waals surface area contributed by atoms with Crippen LogP contribution < -0.4 is 10.4 Å². The molecule has 5 aromatic carbocycles. The van der Waals surface area contributed by atoms with Gasteiger partial charge in [-0.3, -0.25) is 0 Å². The number of benzene rings is 5. The zero-order valence-electron chi connectivity index (χ0n) is 32.1. The van der Waals surface area contributed by atoms with Crippen molar-refractivity contribution in [2.75, 3.05) is 6.61 Å². The minimum atomic E-state index is -2.84. The Morgan fingerprint density at radius 2 is 1.34 bits per heavy atom. The van der Waals surface area contributed by atoms with E-state index < -0.39 is 45.1 Å². The Labute approximate surface area is 329 Å². The van der Waals surface area contributed by atoms with Gasteiger partial charge in [-0.15, -0.1) is 0 Å². The van der Waals surface area contributed by atoms with Gasteiger partial charge < -0.3 is 38.0 Å². The van der Waals surface area contributed by atoms with Crippen molar-refractivity contribution < 1.29 is 38.0 Å². The molecular formula is C47H50O8Si. The minimum absolute atomic E-state index is 0.189. The highest BCUT2D eigenvalue weighted by atomic mass is 28.4.